The second-order valence-electron chi connectivity index (χ2n) is 4.27. The highest BCUT2D eigenvalue weighted by atomic mass is 35.5. The molecule has 3 aromatic rings. The highest BCUT2D eigenvalue weighted by Gasteiger charge is 2.07. The molecule has 0 saturated heterocycles. The summed E-state index contributed by atoms with van der Waals surface area (Å²) < 4.78 is 0. The Kier molecular flexibility index (Phi) is 5.17. The normalized spacial score (nSPS) is 10.1. The molecule has 0 bridgehead atoms. The number of thiazole rings is 1. The summed E-state index contributed by atoms with van der Waals surface area (Å²) in [5.41, 5.74) is 3.58. The molecule has 2 heterocycles. The molecule has 2 nitrogen and oxygen atoms in total. The molecular formula is C15H15ClN2S2. The van der Waals surface area contributed by atoms with Gasteiger partial charge in [-0.1, -0.05) is 30.3 Å². The van der Waals surface area contributed by atoms with E-state index in [0.717, 1.165) is 17.4 Å². The fourth-order valence-electron chi connectivity index (χ4n) is 1.90. The second-order valence-corrected chi connectivity index (χ2v) is 6.25. The molecule has 3 rings (SSSR count). The lowest BCUT2D eigenvalue weighted by Crippen LogP contribution is -1.98. The van der Waals surface area contributed by atoms with E-state index in [4.69, 9.17) is 0 Å². The van der Waals surface area contributed by atoms with Gasteiger partial charge in [0.1, 0.15) is 0 Å². The van der Waals surface area contributed by atoms with E-state index in [2.05, 4.69) is 58.3 Å². The number of hydrogen-bond donors (Lipinski definition) is 1. The molecule has 20 heavy (non-hydrogen) atoms. The largest absolute Gasteiger partial charge is 0.357 e. The minimum absolute atomic E-state index is 0. The summed E-state index contributed by atoms with van der Waals surface area (Å²) in [6, 6.07) is 12.5. The van der Waals surface area contributed by atoms with Gasteiger partial charge in [0.05, 0.1) is 5.69 Å². The number of nitrogens with zero attached hydrogens (tertiary/aromatic N) is 1. The molecule has 0 radical (unpaired) electrons. The van der Waals surface area contributed by atoms with Gasteiger partial charge in [-0.15, -0.1) is 35.1 Å². The van der Waals surface area contributed by atoms with Crippen molar-refractivity contribution < 1.29 is 0 Å². The van der Waals surface area contributed by atoms with Gasteiger partial charge in [0.2, 0.25) is 0 Å². The third kappa shape index (κ3) is 3.39. The summed E-state index contributed by atoms with van der Waals surface area (Å²) in [5.74, 6) is 0. The Labute approximate surface area is 132 Å². The number of thiophene rings is 1. The third-order valence-corrected chi connectivity index (χ3v) is 4.57. The van der Waals surface area contributed by atoms with Crippen LogP contribution >= 0.6 is 35.1 Å². The fraction of sp³-hybridized carbons (Fsp3) is 0.133. The van der Waals surface area contributed by atoms with Crippen molar-refractivity contribution in [2.24, 2.45) is 0 Å². The van der Waals surface area contributed by atoms with Gasteiger partial charge in [0.15, 0.2) is 5.13 Å². The van der Waals surface area contributed by atoms with E-state index < -0.39 is 0 Å². The number of rotatable bonds is 4. The smallest absolute Gasteiger partial charge is 0.183 e. The average molecular weight is 323 g/mol. The summed E-state index contributed by atoms with van der Waals surface area (Å²) in [6.45, 7) is 2.95. The molecule has 5 heteroatoms. The molecule has 0 spiro atoms. The Morgan fingerprint density at radius 1 is 1.10 bits per heavy atom. The number of benzene rings is 1. The van der Waals surface area contributed by atoms with E-state index in [9.17, 15) is 0 Å². The maximum absolute atomic E-state index is 4.64. The monoisotopic (exact) mass is 322 g/mol. The van der Waals surface area contributed by atoms with Gasteiger partial charge in [0.25, 0.3) is 0 Å². The molecule has 1 aromatic carbocycles. The molecule has 0 aliphatic rings. The number of aryl methyl sites for hydroxylation is 1. The Hall–Kier alpha value is -1.36. The zero-order valence-corrected chi connectivity index (χ0v) is 13.4. The molecule has 0 amide bonds. The van der Waals surface area contributed by atoms with Crippen LogP contribution in [0.25, 0.3) is 11.3 Å². The van der Waals surface area contributed by atoms with Crippen LogP contribution in [0.5, 0.6) is 0 Å². The SMILES string of the molecule is Cc1sccc1-c1csc(NCc2ccccc2)n1.Cl. The van der Waals surface area contributed by atoms with Gasteiger partial charge >= 0.3 is 0 Å². The quantitative estimate of drug-likeness (QED) is 0.712. The molecule has 0 fully saturated rings. The van der Waals surface area contributed by atoms with E-state index >= 15 is 0 Å². The van der Waals surface area contributed by atoms with Gasteiger partial charge in [-0.25, -0.2) is 4.98 Å². The molecule has 0 unspecified atom stereocenters. The number of nitrogens with one attached hydrogen (secondary N) is 1. The molecular weight excluding hydrogens is 308 g/mol. The highest BCUT2D eigenvalue weighted by Crippen LogP contribution is 2.30. The van der Waals surface area contributed by atoms with Crippen LogP contribution in [-0.4, -0.2) is 4.98 Å². The van der Waals surface area contributed by atoms with E-state index in [-0.39, 0.29) is 12.4 Å². The van der Waals surface area contributed by atoms with Gasteiger partial charge in [-0.2, -0.15) is 0 Å². The highest BCUT2D eigenvalue weighted by molar-refractivity contribution is 7.14. The van der Waals surface area contributed by atoms with Crippen LogP contribution in [-0.2, 0) is 6.54 Å². The van der Waals surface area contributed by atoms with Gasteiger partial charge in [-0.3, -0.25) is 0 Å². The Balaban J connectivity index is 0.00000147. The maximum atomic E-state index is 4.64. The second kappa shape index (κ2) is 6.88. The van der Waals surface area contributed by atoms with Crippen molar-refractivity contribution in [1.29, 1.82) is 0 Å². The Morgan fingerprint density at radius 2 is 1.90 bits per heavy atom. The first kappa shape index (κ1) is 15.0. The summed E-state index contributed by atoms with van der Waals surface area (Å²) in [7, 11) is 0. The molecule has 1 N–H and O–H groups in total. The van der Waals surface area contributed by atoms with Crippen LogP contribution in [0, 0.1) is 6.92 Å². The van der Waals surface area contributed by atoms with Crippen molar-refractivity contribution >= 4 is 40.2 Å². The number of aromatic nitrogens is 1. The van der Waals surface area contributed by atoms with Crippen molar-refractivity contribution in [3.05, 3.63) is 57.6 Å². The minimum atomic E-state index is 0. The lowest BCUT2D eigenvalue weighted by atomic mass is 10.2. The molecule has 0 aliphatic heterocycles. The first-order chi connectivity index (χ1) is 9.33. The average Bonchev–Trinajstić information content (AvgIpc) is 3.06. The van der Waals surface area contributed by atoms with Crippen LogP contribution in [0.4, 0.5) is 5.13 Å². The van der Waals surface area contributed by atoms with Gasteiger partial charge < -0.3 is 5.32 Å². The summed E-state index contributed by atoms with van der Waals surface area (Å²) in [6.07, 6.45) is 0. The topological polar surface area (TPSA) is 24.9 Å². The lowest BCUT2D eigenvalue weighted by molar-refractivity contribution is 1.14. The zero-order chi connectivity index (χ0) is 13.1. The molecule has 0 atom stereocenters. The molecule has 0 saturated carbocycles. The van der Waals surface area contributed by atoms with Crippen LogP contribution in [0.15, 0.2) is 47.2 Å². The molecule has 0 aliphatic carbocycles. The third-order valence-electron chi connectivity index (χ3n) is 2.93. The van der Waals surface area contributed by atoms with Crippen LogP contribution < -0.4 is 5.32 Å². The zero-order valence-electron chi connectivity index (χ0n) is 11.0. The van der Waals surface area contributed by atoms with Crippen molar-refractivity contribution in [1.82, 2.24) is 4.98 Å². The number of anilines is 1. The van der Waals surface area contributed by atoms with E-state index in [0.29, 0.717) is 0 Å². The first-order valence-electron chi connectivity index (χ1n) is 6.11. The summed E-state index contributed by atoms with van der Waals surface area (Å²) >= 11 is 3.42. The predicted octanol–water partition coefficient (Wildman–Crippen LogP) is 5.21. The van der Waals surface area contributed by atoms with E-state index in [1.165, 1.54) is 16.0 Å². The van der Waals surface area contributed by atoms with Gasteiger partial charge in [0, 0.05) is 22.4 Å². The Morgan fingerprint density at radius 3 is 2.60 bits per heavy atom. The minimum Gasteiger partial charge on any atom is -0.357 e. The van der Waals surface area contributed by atoms with Crippen LogP contribution in [0.2, 0.25) is 0 Å². The molecule has 104 valence electrons. The fourth-order valence-corrected chi connectivity index (χ4v) is 3.32. The standard InChI is InChI=1S/C15H14N2S2.ClH/c1-11-13(7-8-18-11)14-10-19-15(17-14)16-9-12-5-3-2-4-6-12;/h2-8,10H,9H2,1H3,(H,16,17);1H. The Bertz CT molecular complexity index is 661. The number of hydrogen-bond acceptors (Lipinski definition) is 4. The van der Waals surface area contributed by atoms with Crippen molar-refractivity contribution in [3.8, 4) is 11.3 Å². The summed E-state index contributed by atoms with van der Waals surface area (Å²) in [4.78, 5) is 5.96. The maximum Gasteiger partial charge on any atom is 0.183 e. The molecule has 2 aromatic heterocycles. The van der Waals surface area contributed by atoms with Gasteiger partial charge in [-0.05, 0) is 23.9 Å². The van der Waals surface area contributed by atoms with Crippen molar-refractivity contribution in [3.63, 3.8) is 0 Å². The van der Waals surface area contributed by atoms with Crippen molar-refractivity contribution in [2.45, 2.75) is 13.5 Å². The number of halogens is 1. The van der Waals surface area contributed by atoms with Crippen molar-refractivity contribution in [2.75, 3.05) is 5.32 Å². The first-order valence-corrected chi connectivity index (χ1v) is 7.86. The predicted molar refractivity (Wildman–Crippen MR) is 91.2 cm³/mol. The van der Waals surface area contributed by atoms with E-state index in [1.54, 1.807) is 22.7 Å². The van der Waals surface area contributed by atoms with Crippen LogP contribution in [0.1, 0.15) is 10.4 Å². The summed E-state index contributed by atoms with van der Waals surface area (Å²) in [5, 5.41) is 8.58. The van der Waals surface area contributed by atoms with Crippen LogP contribution in [0.3, 0.4) is 0 Å². The lowest BCUT2D eigenvalue weighted by Gasteiger charge is -2.02. The van der Waals surface area contributed by atoms with E-state index in [1.807, 2.05) is 6.07 Å².